The maximum atomic E-state index is 12.1. The van der Waals surface area contributed by atoms with E-state index in [4.69, 9.17) is 0 Å². The largest absolute Gasteiger partial charge is 0.287 e. The highest BCUT2D eigenvalue weighted by Crippen LogP contribution is 2.29. The summed E-state index contributed by atoms with van der Waals surface area (Å²) in [6.07, 6.45) is 4.18. The lowest BCUT2D eigenvalue weighted by atomic mass is 9.91. The third-order valence-electron chi connectivity index (χ3n) is 4.25. The topological polar surface area (TPSA) is 41.1 Å². The van der Waals surface area contributed by atoms with Crippen molar-refractivity contribution >= 4 is 22.8 Å². The van der Waals surface area contributed by atoms with Gasteiger partial charge in [0.2, 0.25) is 0 Å². The molecule has 1 aliphatic heterocycles. The highest BCUT2D eigenvalue weighted by Gasteiger charge is 2.35. The molecule has 1 amide bonds. The number of fused-ring (bicyclic) bond motifs is 1. The molecule has 0 aliphatic carbocycles. The number of aryl methyl sites for hydroxylation is 1. The van der Waals surface area contributed by atoms with Crippen LogP contribution in [0, 0.1) is 0 Å². The SMILES string of the molecule is CCCc1cccc2cccc(/C=C3\C(=O)NNC3(C)C)c12. The summed E-state index contributed by atoms with van der Waals surface area (Å²) in [6.45, 7) is 6.21. The summed E-state index contributed by atoms with van der Waals surface area (Å²) < 4.78 is 0. The van der Waals surface area contributed by atoms with Crippen LogP contribution in [0.1, 0.15) is 38.3 Å². The molecule has 3 rings (SSSR count). The fourth-order valence-corrected chi connectivity index (χ4v) is 3.08. The number of hydrazine groups is 1. The lowest BCUT2D eigenvalue weighted by Gasteiger charge is -2.17. The zero-order valence-corrected chi connectivity index (χ0v) is 13.4. The van der Waals surface area contributed by atoms with E-state index >= 15 is 0 Å². The van der Waals surface area contributed by atoms with Gasteiger partial charge in [0.05, 0.1) is 5.54 Å². The Balaban J connectivity index is 2.21. The Bertz CT molecular complexity index is 754. The van der Waals surface area contributed by atoms with Gasteiger partial charge >= 0.3 is 0 Å². The van der Waals surface area contributed by atoms with Gasteiger partial charge < -0.3 is 0 Å². The van der Waals surface area contributed by atoms with Crippen molar-refractivity contribution in [3.05, 3.63) is 53.1 Å². The highest BCUT2D eigenvalue weighted by atomic mass is 16.2. The summed E-state index contributed by atoms with van der Waals surface area (Å²) in [5.41, 5.74) is 8.61. The van der Waals surface area contributed by atoms with Crippen LogP contribution < -0.4 is 10.9 Å². The average molecular weight is 294 g/mol. The minimum Gasteiger partial charge on any atom is -0.287 e. The normalized spacial score (nSPS) is 18.9. The fraction of sp³-hybridized carbons (Fsp3) is 0.316. The van der Waals surface area contributed by atoms with E-state index in [2.05, 4.69) is 54.2 Å². The monoisotopic (exact) mass is 294 g/mol. The standard InChI is InChI=1S/C19H22N2O/c1-4-7-13-8-5-9-14-10-6-11-15(17(13)14)12-16-18(22)20-21-19(16,2)3/h5-6,8-12,21H,4,7H2,1-3H3,(H,20,22)/b16-12+. The van der Waals surface area contributed by atoms with Crippen molar-refractivity contribution in [2.45, 2.75) is 39.2 Å². The molecule has 0 aromatic heterocycles. The average Bonchev–Trinajstić information content (AvgIpc) is 2.75. The van der Waals surface area contributed by atoms with E-state index in [0.29, 0.717) is 0 Å². The van der Waals surface area contributed by atoms with Gasteiger partial charge in [-0.1, -0.05) is 49.7 Å². The molecule has 3 nitrogen and oxygen atoms in total. The van der Waals surface area contributed by atoms with Crippen LogP contribution in [-0.2, 0) is 11.2 Å². The zero-order valence-electron chi connectivity index (χ0n) is 13.4. The van der Waals surface area contributed by atoms with Crippen LogP contribution >= 0.6 is 0 Å². The van der Waals surface area contributed by atoms with Crippen LogP contribution in [0.5, 0.6) is 0 Å². The molecule has 0 radical (unpaired) electrons. The molecule has 2 N–H and O–H groups in total. The molecule has 1 aliphatic rings. The van der Waals surface area contributed by atoms with E-state index in [1.54, 1.807) is 0 Å². The van der Waals surface area contributed by atoms with E-state index in [0.717, 1.165) is 24.0 Å². The number of carbonyl (C=O) groups is 1. The number of nitrogens with one attached hydrogen (secondary N) is 2. The molecule has 2 aromatic carbocycles. The minimum absolute atomic E-state index is 0.0463. The number of amides is 1. The first-order valence-electron chi connectivity index (χ1n) is 7.83. The molecule has 1 heterocycles. The number of hydrogen-bond donors (Lipinski definition) is 2. The molecular weight excluding hydrogens is 272 g/mol. The molecule has 2 aromatic rings. The Morgan fingerprint density at radius 1 is 1.14 bits per heavy atom. The quantitative estimate of drug-likeness (QED) is 0.849. The maximum absolute atomic E-state index is 12.1. The maximum Gasteiger partial charge on any atom is 0.263 e. The first kappa shape index (κ1) is 14.8. The molecule has 1 fully saturated rings. The van der Waals surface area contributed by atoms with Crippen molar-refractivity contribution in [1.29, 1.82) is 0 Å². The lowest BCUT2D eigenvalue weighted by molar-refractivity contribution is -0.116. The van der Waals surface area contributed by atoms with Gasteiger partial charge in [-0.2, -0.15) is 0 Å². The molecule has 0 spiro atoms. The number of hydrogen-bond acceptors (Lipinski definition) is 2. The molecule has 3 heteroatoms. The van der Waals surface area contributed by atoms with Crippen molar-refractivity contribution in [2.75, 3.05) is 0 Å². The Kier molecular flexibility index (Phi) is 3.75. The van der Waals surface area contributed by atoms with Gasteiger partial charge in [0.15, 0.2) is 0 Å². The highest BCUT2D eigenvalue weighted by molar-refractivity contribution is 6.04. The number of rotatable bonds is 3. The van der Waals surface area contributed by atoms with Crippen molar-refractivity contribution in [1.82, 2.24) is 10.9 Å². The van der Waals surface area contributed by atoms with Gasteiger partial charge in [0.25, 0.3) is 5.91 Å². The summed E-state index contributed by atoms with van der Waals surface area (Å²) in [4.78, 5) is 12.1. The third-order valence-corrected chi connectivity index (χ3v) is 4.25. The van der Waals surface area contributed by atoms with Gasteiger partial charge in [-0.05, 0) is 48.2 Å². The van der Waals surface area contributed by atoms with Crippen LogP contribution in [0.3, 0.4) is 0 Å². The molecule has 0 unspecified atom stereocenters. The van der Waals surface area contributed by atoms with Crippen molar-refractivity contribution in [3.8, 4) is 0 Å². The van der Waals surface area contributed by atoms with Gasteiger partial charge in [-0.3, -0.25) is 10.2 Å². The lowest BCUT2D eigenvalue weighted by Crippen LogP contribution is -2.38. The first-order chi connectivity index (χ1) is 10.5. The molecular formula is C19H22N2O. The van der Waals surface area contributed by atoms with Crippen molar-refractivity contribution < 1.29 is 4.79 Å². The summed E-state index contributed by atoms with van der Waals surface area (Å²) in [5.74, 6) is -0.0463. The fourth-order valence-electron chi connectivity index (χ4n) is 3.08. The smallest absolute Gasteiger partial charge is 0.263 e. The molecule has 0 atom stereocenters. The summed E-state index contributed by atoms with van der Waals surface area (Å²) in [7, 11) is 0. The van der Waals surface area contributed by atoms with Gasteiger partial charge in [0, 0.05) is 5.57 Å². The Labute approximate surface area is 131 Å². The molecule has 114 valence electrons. The van der Waals surface area contributed by atoms with Crippen LogP contribution in [0.15, 0.2) is 42.0 Å². The van der Waals surface area contributed by atoms with Gasteiger partial charge in [0.1, 0.15) is 0 Å². The molecule has 0 saturated carbocycles. The van der Waals surface area contributed by atoms with Crippen molar-refractivity contribution in [2.24, 2.45) is 0 Å². The molecule has 22 heavy (non-hydrogen) atoms. The molecule has 1 saturated heterocycles. The van der Waals surface area contributed by atoms with E-state index in [-0.39, 0.29) is 11.4 Å². The predicted molar refractivity (Wildman–Crippen MR) is 91.3 cm³/mol. The second-order valence-electron chi connectivity index (χ2n) is 6.37. The Morgan fingerprint density at radius 2 is 1.86 bits per heavy atom. The predicted octanol–water partition coefficient (Wildman–Crippen LogP) is 3.59. The van der Waals surface area contributed by atoms with Gasteiger partial charge in [-0.25, -0.2) is 5.43 Å². The van der Waals surface area contributed by atoms with Crippen LogP contribution in [0.4, 0.5) is 0 Å². The van der Waals surface area contributed by atoms with E-state index in [1.807, 2.05) is 19.9 Å². The van der Waals surface area contributed by atoms with Crippen molar-refractivity contribution in [3.63, 3.8) is 0 Å². The van der Waals surface area contributed by atoms with E-state index in [9.17, 15) is 4.79 Å². The minimum atomic E-state index is -0.362. The second-order valence-corrected chi connectivity index (χ2v) is 6.37. The van der Waals surface area contributed by atoms with Crippen LogP contribution in [0.2, 0.25) is 0 Å². The number of carbonyl (C=O) groups excluding carboxylic acids is 1. The summed E-state index contributed by atoms with van der Waals surface area (Å²) in [6, 6.07) is 12.7. The Hall–Kier alpha value is -2.13. The number of benzene rings is 2. The summed E-state index contributed by atoms with van der Waals surface area (Å²) >= 11 is 0. The van der Waals surface area contributed by atoms with E-state index < -0.39 is 0 Å². The van der Waals surface area contributed by atoms with E-state index in [1.165, 1.54) is 16.3 Å². The first-order valence-corrected chi connectivity index (χ1v) is 7.83. The van der Waals surface area contributed by atoms with Crippen LogP contribution in [-0.4, -0.2) is 11.4 Å². The zero-order chi connectivity index (χ0) is 15.7. The summed E-state index contributed by atoms with van der Waals surface area (Å²) in [5, 5.41) is 2.49. The Morgan fingerprint density at radius 3 is 2.50 bits per heavy atom. The third kappa shape index (κ3) is 2.53. The molecule has 0 bridgehead atoms. The van der Waals surface area contributed by atoms with Gasteiger partial charge in [-0.15, -0.1) is 0 Å². The second kappa shape index (κ2) is 5.58. The van der Waals surface area contributed by atoms with Crippen LogP contribution in [0.25, 0.3) is 16.8 Å².